The van der Waals surface area contributed by atoms with Crippen molar-refractivity contribution in [2.45, 2.75) is 26.4 Å². The number of aliphatic imine (C=N–C) groups is 1. The molecule has 0 aromatic carbocycles. The Morgan fingerprint density at radius 1 is 1.50 bits per heavy atom. The zero-order valence-corrected chi connectivity index (χ0v) is 10.5. The second kappa shape index (κ2) is 5.27. The van der Waals surface area contributed by atoms with Gasteiger partial charge < -0.3 is 10.5 Å². The van der Waals surface area contributed by atoms with Crippen molar-refractivity contribution in [2.75, 3.05) is 0 Å². The third kappa shape index (κ3) is 4.22. The predicted octanol–water partition coefficient (Wildman–Crippen LogP) is 1.59. The summed E-state index contributed by atoms with van der Waals surface area (Å²) >= 11 is 0. The lowest BCUT2D eigenvalue weighted by Gasteiger charge is -2.17. The van der Waals surface area contributed by atoms with Crippen LogP contribution in [0.2, 0.25) is 0 Å². The van der Waals surface area contributed by atoms with Crippen LogP contribution in [0, 0.1) is 11.3 Å². The summed E-state index contributed by atoms with van der Waals surface area (Å²) in [7, 11) is 0. The molecule has 6 heteroatoms. The fourth-order valence-corrected chi connectivity index (χ4v) is 1.08. The van der Waals surface area contributed by atoms with Crippen molar-refractivity contribution < 1.29 is 9.53 Å². The van der Waals surface area contributed by atoms with Gasteiger partial charge in [-0.25, -0.2) is 9.78 Å². The highest BCUT2D eigenvalue weighted by atomic mass is 16.6. The molecule has 0 radical (unpaired) electrons. The third-order valence-electron chi connectivity index (χ3n) is 1.73. The Bertz CT molecular complexity index is 524. The van der Waals surface area contributed by atoms with Crippen molar-refractivity contribution in [3.05, 3.63) is 29.6 Å². The molecule has 0 bridgehead atoms. The van der Waals surface area contributed by atoms with Crippen molar-refractivity contribution in [3.8, 4) is 6.07 Å². The van der Waals surface area contributed by atoms with E-state index in [1.165, 1.54) is 6.07 Å². The van der Waals surface area contributed by atoms with E-state index < -0.39 is 11.7 Å². The van der Waals surface area contributed by atoms with Crippen LogP contribution in [-0.2, 0) is 4.74 Å². The predicted molar refractivity (Wildman–Crippen MR) is 65.9 cm³/mol. The van der Waals surface area contributed by atoms with Gasteiger partial charge in [-0.05, 0) is 32.9 Å². The Hall–Kier alpha value is -2.42. The molecule has 94 valence electrons. The average Bonchev–Trinajstić information content (AvgIpc) is 2.26. The summed E-state index contributed by atoms with van der Waals surface area (Å²) in [6.45, 7) is 5.18. The van der Waals surface area contributed by atoms with E-state index in [0.717, 1.165) is 0 Å². The first kappa shape index (κ1) is 13.6. The van der Waals surface area contributed by atoms with E-state index in [1.807, 2.05) is 6.07 Å². The maximum absolute atomic E-state index is 11.4. The lowest BCUT2D eigenvalue weighted by Crippen LogP contribution is -2.24. The molecule has 1 aromatic rings. The summed E-state index contributed by atoms with van der Waals surface area (Å²) in [5.41, 5.74) is 5.45. The molecule has 6 nitrogen and oxygen atoms in total. The average molecular weight is 246 g/mol. The van der Waals surface area contributed by atoms with E-state index in [2.05, 4.69) is 9.98 Å². The molecule has 1 amide bonds. The van der Waals surface area contributed by atoms with Gasteiger partial charge in [-0.15, -0.1) is 0 Å². The Morgan fingerprint density at radius 3 is 2.72 bits per heavy atom. The Balaban J connectivity index is 2.89. The molecule has 0 saturated heterocycles. The highest BCUT2D eigenvalue weighted by molar-refractivity contribution is 6.01. The van der Waals surface area contributed by atoms with E-state index in [9.17, 15) is 4.79 Å². The number of nitrogens with two attached hydrogens (primary N) is 1. The number of aromatic nitrogens is 1. The molecule has 1 aromatic heterocycles. The van der Waals surface area contributed by atoms with Gasteiger partial charge in [0, 0.05) is 0 Å². The Kier molecular flexibility index (Phi) is 4.00. The molecule has 0 aliphatic carbocycles. The number of hydrogen-bond acceptors (Lipinski definition) is 4. The van der Waals surface area contributed by atoms with Crippen molar-refractivity contribution in [1.29, 1.82) is 5.26 Å². The minimum atomic E-state index is -0.788. The highest BCUT2D eigenvalue weighted by Crippen LogP contribution is 2.08. The number of amidine groups is 1. The number of carbonyl (C=O) groups excluding carboxylic acids is 1. The number of amides is 1. The van der Waals surface area contributed by atoms with Crippen molar-refractivity contribution in [2.24, 2.45) is 10.7 Å². The van der Waals surface area contributed by atoms with Crippen LogP contribution in [0.15, 0.2) is 23.2 Å². The standard InChI is InChI=1S/C12H14N4O2/c1-12(2,3)18-11(17)16-10(14)9-6-4-5-8(7-13)15-9/h4-6H,1-3H3,(H2,14,16,17). The molecule has 1 rings (SSSR count). The maximum atomic E-state index is 11.4. The summed E-state index contributed by atoms with van der Waals surface area (Å²) in [6, 6.07) is 6.58. The Labute approximate surface area is 105 Å². The van der Waals surface area contributed by atoms with E-state index in [0.29, 0.717) is 0 Å². The second-order valence-electron chi connectivity index (χ2n) is 4.50. The van der Waals surface area contributed by atoms with Crippen molar-refractivity contribution >= 4 is 11.9 Å². The van der Waals surface area contributed by atoms with Crippen LogP contribution >= 0.6 is 0 Å². The SMILES string of the molecule is CC(C)(C)OC(=O)N=C(N)c1cccc(C#N)n1. The fourth-order valence-electron chi connectivity index (χ4n) is 1.08. The van der Waals surface area contributed by atoms with Gasteiger partial charge in [-0.3, -0.25) is 0 Å². The second-order valence-corrected chi connectivity index (χ2v) is 4.50. The smallest absolute Gasteiger partial charge is 0.436 e. The normalized spacial score (nSPS) is 11.8. The number of pyridine rings is 1. The minimum absolute atomic E-state index is 0.0821. The lowest BCUT2D eigenvalue weighted by molar-refractivity contribution is 0.0604. The van der Waals surface area contributed by atoms with Gasteiger partial charge in [0.15, 0.2) is 5.84 Å². The molecule has 2 N–H and O–H groups in total. The van der Waals surface area contributed by atoms with Crippen LogP contribution in [0.4, 0.5) is 4.79 Å². The Morgan fingerprint density at radius 2 is 2.17 bits per heavy atom. The number of ether oxygens (including phenoxy) is 1. The third-order valence-corrected chi connectivity index (χ3v) is 1.73. The quantitative estimate of drug-likeness (QED) is 0.599. The topological polar surface area (TPSA) is 101 Å². The number of carbonyl (C=O) groups is 1. The molecule has 0 aliphatic rings. The molecule has 0 fully saturated rings. The number of hydrogen-bond donors (Lipinski definition) is 1. The number of nitriles is 1. The van der Waals surface area contributed by atoms with E-state index in [1.54, 1.807) is 32.9 Å². The molecule has 1 heterocycles. The van der Waals surface area contributed by atoms with Crippen LogP contribution in [0.25, 0.3) is 0 Å². The summed E-state index contributed by atoms with van der Waals surface area (Å²) in [4.78, 5) is 18.9. The zero-order chi connectivity index (χ0) is 13.8. The van der Waals surface area contributed by atoms with Gasteiger partial charge in [0.2, 0.25) is 0 Å². The summed E-state index contributed by atoms with van der Waals surface area (Å²) in [5.74, 6) is -0.0821. The van der Waals surface area contributed by atoms with Gasteiger partial charge in [0.1, 0.15) is 23.1 Å². The van der Waals surface area contributed by atoms with Crippen LogP contribution < -0.4 is 5.73 Å². The first-order valence-corrected chi connectivity index (χ1v) is 5.26. The maximum Gasteiger partial charge on any atom is 0.436 e. The largest absolute Gasteiger partial charge is 0.442 e. The first-order valence-electron chi connectivity index (χ1n) is 5.26. The fraction of sp³-hybridized carbons (Fsp3) is 0.333. The number of nitrogens with zero attached hydrogens (tertiary/aromatic N) is 3. The molecule has 0 spiro atoms. The molecule has 0 atom stereocenters. The molecular formula is C12H14N4O2. The lowest BCUT2D eigenvalue weighted by atomic mass is 10.2. The van der Waals surface area contributed by atoms with Crippen LogP contribution in [0.5, 0.6) is 0 Å². The molecule has 18 heavy (non-hydrogen) atoms. The minimum Gasteiger partial charge on any atom is -0.442 e. The highest BCUT2D eigenvalue weighted by Gasteiger charge is 2.16. The zero-order valence-electron chi connectivity index (χ0n) is 10.5. The van der Waals surface area contributed by atoms with Crippen LogP contribution in [0.1, 0.15) is 32.2 Å². The van der Waals surface area contributed by atoms with Crippen LogP contribution in [0.3, 0.4) is 0 Å². The summed E-state index contributed by atoms with van der Waals surface area (Å²) in [5, 5.41) is 8.69. The van der Waals surface area contributed by atoms with Gasteiger partial charge in [-0.2, -0.15) is 10.3 Å². The van der Waals surface area contributed by atoms with Gasteiger partial charge in [-0.1, -0.05) is 6.07 Å². The van der Waals surface area contributed by atoms with Gasteiger partial charge in [0.05, 0.1) is 0 Å². The first-order chi connectivity index (χ1) is 8.31. The van der Waals surface area contributed by atoms with Gasteiger partial charge >= 0.3 is 6.09 Å². The van der Waals surface area contributed by atoms with Crippen LogP contribution in [-0.4, -0.2) is 22.5 Å². The van der Waals surface area contributed by atoms with Gasteiger partial charge in [0.25, 0.3) is 0 Å². The molecule has 0 unspecified atom stereocenters. The van der Waals surface area contributed by atoms with E-state index in [-0.39, 0.29) is 17.2 Å². The van der Waals surface area contributed by atoms with E-state index in [4.69, 9.17) is 15.7 Å². The monoisotopic (exact) mass is 246 g/mol. The summed E-state index contributed by atoms with van der Waals surface area (Å²) < 4.78 is 4.99. The molecular weight excluding hydrogens is 232 g/mol. The molecule has 0 saturated carbocycles. The van der Waals surface area contributed by atoms with E-state index >= 15 is 0 Å². The number of rotatable bonds is 1. The van der Waals surface area contributed by atoms with Crippen molar-refractivity contribution in [3.63, 3.8) is 0 Å². The van der Waals surface area contributed by atoms with Crippen molar-refractivity contribution in [1.82, 2.24) is 4.98 Å². The summed E-state index contributed by atoms with van der Waals surface area (Å²) in [6.07, 6.45) is -0.788. The molecule has 0 aliphatic heterocycles.